The summed E-state index contributed by atoms with van der Waals surface area (Å²) < 4.78 is 19.0. The first-order valence-corrected chi connectivity index (χ1v) is 10.4. The van der Waals surface area contributed by atoms with E-state index in [1.807, 2.05) is 13.8 Å². The SMILES string of the molecule is COc1cc(C2CC(=O)N(c3ccc(F)c(Cl)c3)C3=C2C(=O)CC(C)(C)C3)ccc1O. The quantitative estimate of drug-likeness (QED) is 0.693. The molecule has 0 fully saturated rings. The van der Waals surface area contributed by atoms with Gasteiger partial charge in [-0.2, -0.15) is 0 Å². The van der Waals surface area contributed by atoms with Crippen LogP contribution in [0.25, 0.3) is 0 Å². The number of phenolic OH excluding ortho intramolecular Hbond substituents is 1. The maximum atomic E-state index is 13.7. The molecule has 0 radical (unpaired) electrons. The number of phenols is 1. The van der Waals surface area contributed by atoms with Crippen LogP contribution in [0.2, 0.25) is 5.02 Å². The molecule has 4 rings (SSSR count). The molecule has 0 aromatic heterocycles. The second-order valence-corrected chi connectivity index (χ2v) is 9.22. The maximum absolute atomic E-state index is 13.7. The zero-order chi connectivity index (χ0) is 22.5. The minimum Gasteiger partial charge on any atom is -0.504 e. The average molecular weight is 444 g/mol. The molecule has 1 atom stereocenters. The molecule has 7 heteroatoms. The number of allylic oxidation sites excluding steroid dienone is 2. The fraction of sp³-hybridized carbons (Fsp3) is 0.333. The third-order valence-electron chi connectivity index (χ3n) is 5.91. The second-order valence-electron chi connectivity index (χ2n) is 8.82. The van der Waals surface area contributed by atoms with Gasteiger partial charge in [0.15, 0.2) is 17.3 Å². The van der Waals surface area contributed by atoms with Crippen LogP contribution in [-0.2, 0) is 9.59 Å². The third kappa shape index (κ3) is 3.81. The summed E-state index contributed by atoms with van der Waals surface area (Å²) in [7, 11) is 1.45. The number of Topliss-reactive ketones (excluding diaryl/α,β-unsaturated/α-hetero) is 1. The Bertz CT molecular complexity index is 1120. The van der Waals surface area contributed by atoms with Gasteiger partial charge in [-0.3, -0.25) is 14.5 Å². The maximum Gasteiger partial charge on any atom is 0.232 e. The van der Waals surface area contributed by atoms with E-state index >= 15 is 0 Å². The summed E-state index contributed by atoms with van der Waals surface area (Å²) in [6.07, 6.45) is 0.943. The highest BCUT2D eigenvalue weighted by atomic mass is 35.5. The molecule has 0 spiro atoms. The van der Waals surface area contributed by atoms with E-state index in [1.165, 1.54) is 36.3 Å². The minimum absolute atomic E-state index is 0.0127. The van der Waals surface area contributed by atoms with E-state index < -0.39 is 11.7 Å². The molecule has 2 aromatic rings. The first-order valence-electron chi connectivity index (χ1n) is 10.0. The first-order chi connectivity index (χ1) is 14.6. The smallest absolute Gasteiger partial charge is 0.232 e. The number of ketones is 1. The molecule has 1 unspecified atom stereocenters. The summed E-state index contributed by atoms with van der Waals surface area (Å²) >= 11 is 5.98. The van der Waals surface area contributed by atoms with Gasteiger partial charge in [0.2, 0.25) is 5.91 Å². The highest BCUT2D eigenvalue weighted by molar-refractivity contribution is 6.31. The molecule has 1 aliphatic carbocycles. The number of carbonyl (C=O) groups excluding carboxylic acids is 2. The number of ether oxygens (including phenoxy) is 1. The number of anilines is 1. The Morgan fingerprint density at radius 1 is 1.16 bits per heavy atom. The number of benzene rings is 2. The standard InChI is InChI=1S/C24H23ClFNO4/c1-24(2)11-18-23(20(29)12-24)15(13-4-7-19(28)21(8-13)31-3)10-22(30)27(18)14-5-6-17(26)16(25)9-14/h4-9,15,28H,10-12H2,1-3H3. The largest absolute Gasteiger partial charge is 0.504 e. The summed E-state index contributed by atoms with van der Waals surface area (Å²) in [5.74, 6) is -0.978. The monoisotopic (exact) mass is 443 g/mol. The number of nitrogens with zero attached hydrogens (tertiary/aromatic N) is 1. The molecule has 1 amide bonds. The molecule has 5 nitrogen and oxygen atoms in total. The van der Waals surface area contributed by atoms with Crippen molar-refractivity contribution >= 4 is 29.0 Å². The van der Waals surface area contributed by atoms with Crippen molar-refractivity contribution in [3.8, 4) is 11.5 Å². The fourth-order valence-electron chi connectivity index (χ4n) is 4.53. The summed E-state index contributed by atoms with van der Waals surface area (Å²) in [4.78, 5) is 28.1. The van der Waals surface area contributed by atoms with Crippen LogP contribution < -0.4 is 9.64 Å². The minimum atomic E-state index is -0.571. The molecule has 0 bridgehead atoms. The van der Waals surface area contributed by atoms with Crippen molar-refractivity contribution in [2.45, 2.75) is 39.0 Å². The lowest BCUT2D eigenvalue weighted by Gasteiger charge is -2.43. The van der Waals surface area contributed by atoms with Crippen LogP contribution in [0, 0.1) is 11.2 Å². The van der Waals surface area contributed by atoms with Gasteiger partial charge in [-0.05, 0) is 47.7 Å². The van der Waals surface area contributed by atoms with Crippen LogP contribution in [0.3, 0.4) is 0 Å². The highest BCUT2D eigenvalue weighted by Gasteiger charge is 2.44. The lowest BCUT2D eigenvalue weighted by atomic mass is 9.69. The Balaban J connectivity index is 1.90. The van der Waals surface area contributed by atoms with E-state index in [1.54, 1.807) is 12.1 Å². The number of halogens is 2. The number of hydrogen-bond donors (Lipinski definition) is 1. The molecule has 1 heterocycles. The third-order valence-corrected chi connectivity index (χ3v) is 6.20. The van der Waals surface area contributed by atoms with Gasteiger partial charge >= 0.3 is 0 Å². The lowest BCUT2D eigenvalue weighted by molar-refractivity contribution is -0.121. The molecule has 1 aliphatic heterocycles. The predicted octanol–water partition coefficient (Wildman–Crippen LogP) is 5.36. The average Bonchev–Trinajstić information content (AvgIpc) is 2.69. The van der Waals surface area contributed by atoms with E-state index in [4.69, 9.17) is 16.3 Å². The molecule has 0 saturated heterocycles. The van der Waals surface area contributed by atoms with Crippen LogP contribution in [0.4, 0.5) is 10.1 Å². The molecule has 2 aromatic carbocycles. The van der Waals surface area contributed by atoms with Crippen molar-refractivity contribution in [3.63, 3.8) is 0 Å². The fourth-order valence-corrected chi connectivity index (χ4v) is 4.71. The van der Waals surface area contributed by atoms with E-state index in [9.17, 15) is 19.1 Å². The van der Waals surface area contributed by atoms with Crippen LogP contribution >= 0.6 is 11.6 Å². The van der Waals surface area contributed by atoms with Crippen LogP contribution in [0.15, 0.2) is 47.7 Å². The van der Waals surface area contributed by atoms with Gasteiger partial charge in [0, 0.05) is 30.0 Å². The Morgan fingerprint density at radius 2 is 1.90 bits per heavy atom. The number of amides is 1. The topological polar surface area (TPSA) is 66.8 Å². The van der Waals surface area contributed by atoms with Crippen molar-refractivity contribution in [2.75, 3.05) is 12.0 Å². The Kier molecular flexibility index (Phi) is 5.30. The van der Waals surface area contributed by atoms with Crippen molar-refractivity contribution in [2.24, 2.45) is 5.41 Å². The van der Waals surface area contributed by atoms with Gasteiger partial charge in [-0.15, -0.1) is 0 Å². The molecule has 0 saturated carbocycles. The van der Waals surface area contributed by atoms with Gasteiger partial charge in [0.1, 0.15) is 5.82 Å². The lowest BCUT2D eigenvalue weighted by Crippen LogP contribution is -2.43. The molecule has 162 valence electrons. The summed E-state index contributed by atoms with van der Waals surface area (Å²) in [5.41, 5.74) is 2.04. The molecular weight excluding hydrogens is 421 g/mol. The van der Waals surface area contributed by atoms with Crippen molar-refractivity contribution in [3.05, 3.63) is 64.1 Å². The number of aromatic hydroxyl groups is 1. The highest BCUT2D eigenvalue weighted by Crippen LogP contribution is 2.49. The number of carbonyl (C=O) groups is 2. The molecule has 1 N–H and O–H groups in total. The Morgan fingerprint density at radius 3 is 2.58 bits per heavy atom. The van der Waals surface area contributed by atoms with Crippen LogP contribution in [0.5, 0.6) is 11.5 Å². The Labute approximate surface area is 185 Å². The van der Waals surface area contributed by atoms with Crippen molar-refractivity contribution in [1.82, 2.24) is 0 Å². The Hall–Kier alpha value is -2.86. The van der Waals surface area contributed by atoms with Gasteiger partial charge in [-0.25, -0.2) is 4.39 Å². The molecule has 2 aliphatic rings. The number of hydrogen-bond acceptors (Lipinski definition) is 4. The zero-order valence-electron chi connectivity index (χ0n) is 17.5. The van der Waals surface area contributed by atoms with E-state index in [0.29, 0.717) is 29.8 Å². The number of methoxy groups -OCH3 is 1. The van der Waals surface area contributed by atoms with E-state index in [2.05, 4.69) is 0 Å². The van der Waals surface area contributed by atoms with E-state index in [-0.39, 0.29) is 40.0 Å². The molecular formula is C24H23ClFNO4. The van der Waals surface area contributed by atoms with Crippen molar-refractivity contribution in [1.29, 1.82) is 0 Å². The van der Waals surface area contributed by atoms with Gasteiger partial charge in [0.25, 0.3) is 0 Å². The summed E-state index contributed by atoms with van der Waals surface area (Å²) in [6.45, 7) is 3.98. The zero-order valence-corrected chi connectivity index (χ0v) is 18.3. The van der Waals surface area contributed by atoms with Gasteiger partial charge < -0.3 is 9.84 Å². The van der Waals surface area contributed by atoms with Crippen molar-refractivity contribution < 1.29 is 23.8 Å². The van der Waals surface area contributed by atoms with Gasteiger partial charge in [0.05, 0.1) is 17.8 Å². The normalized spacial score (nSPS) is 20.7. The first kappa shape index (κ1) is 21.4. The van der Waals surface area contributed by atoms with E-state index in [0.717, 1.165) is 5.56 Å². The van der Waals surface area contributed by atoms with Gasteiger partial charge in [-0.1, -0.05) is 31.5 Å². The predicted molar refractivity (Wildman–Crippen MR) is 116 cm³/mol. The summed E-state index contributed by atoms with van der Waals surface area (Å²) in [5, 5.41) is 9.87. The number of rotatable bonds is 3. The second kappa shape index (κ2) is 7.68. The molecule has 31 heavy (non-hydrogen) atoms. The summed E-state index contributed by atoms with van der Waals surface area (Å²) in [6, 6.07) is 9.00. The van der Waals surface area contributed by atoms with Crippen LogP contribution in [-0.4, -0.2) is 23.9 Å². The van der Waals surface area contributed by atoms with Crippen LogP contribution in [0.1, 0.15) is 44.6 Å².